The fourth-order valence-corrected chi connectivity index (χ4v) is 6.54. The van der Waals surface area contributed by atoms with Crippen LogP contribution in [0.5, 0.6) is 0 Å². The number of carbonyl (C=O) groups excluding carboxylic acids is 1. The second-order valence-electron chi connectivity index (χ2n) is 10.2. The molecular weight excluding hydrogens is 479 g/mol. The van der Waals surface area contributed by atoms with Gasteiger partial charge in [-0.25, -0.2) is 9.37 Å². The van der Waals surface area contributed by atoms with Gasteiger partial charge in [-0.2, -0.15) is 0 Å². The SMILES string of the molecule is O=C(c1nc(-c2ccc(F)cc2)c2n1CC[NH2+]C2)N1CCC(O)(c2ccccc2)[C@@H]2CCCC[C@@H]21.[Cl-]. The normalized spacial score (nSPS) is 25.4. The predicted molar refractivity (Wildman–Crippen MR) is 130 cm³/mol. The van der Waals surface area contributed by atoms with Crippen molar-refractivity contribution in [1.82, 2.24) is 14.5 Å². The monoisotopic (exact) mass is 510 g/mol. The Kier molecular flexibility index (Phi) is 6.90. The number of imidazole rings is 1. The van der Waals surface area contributed by atoms with Crippen LogP contribution < -0.4 is 17.7 Å². The van der Waals surface area contributed by atoms with Crippen LogP contribution in [0.15, 0.2) is 54.6 Å². The molecule has 1 aliphatic carbocycles. The fourth-order valence-electron chi connectivity index (χ4n) is 6.54. The zero-order valence-electron chi connectivity index (χ0n) is 20.2. The number of nitrogens with two attached hydrogens (primary N) is 1. The van der Waals surface area contributed by atoms with Crippen molar-refractivity contribution in [1.29, 1.82) is 0 Å². The number of hydrogen-bond acceptors (Lipinski definition) is 3. The maximum Gasteiger partial charge on any atom is 0.290 e. The minimum Gasteiger partial charge on any atom is -1.00 e. The molecule has 36 heavy (non-hydrogen) atoms. The number of quaternary nitrogens is 1. The van der Waals surface area contributed by atoms with E-state index in [2.05, 4.69) is 9.88 Å². The van der Waals surface area contributed by atoms with Gasteiger partial charge in [0.2, 0.25) is 0 Å². The highest BCUT2D eigenvalue weighted by Crippen LogP contribution is 2.47. The van der Waals surface area contributed by atoms with Gasteiger partial charge >= 0.3 is 0 Å². The van der Waals surface area contributed by atoms with Crippen molar-refractivity contribution in [2.75, 3.05) is 13.1 Å². The molecule has 1 unspecified atom stereocenters. The topological polar surface area (TPSA) is 75.0 Å². The van der Waals surface area contributed by atoms with Gasteiger partial charge in [-0.3, -0.25) is 4.79 Å². The molecule has 2 aliphatic heterocycles. The van der Waals surface area contributed by atoms with Crippen LogP contribution in [0.1, 0.15) is 54.0 Å². The number of fused-ring (bicyclic) bond motifs is 2. The van der Waals surface area contributed by atoms with Crippen LogP contribution in [-0.2, 0) is 18.7 Å². The summed E-state index contributed by atoms with van der Waals surface area (Å²) in [5.41, 5.74) is 2.66. The number of amides is 1. The second-order valence-corrected chi connectivity index (χ2v) is 10.2. The minimum atomic E-state index is -0.913. The molecule has 1 aromatic heterocycles. The summed E-state index contributed by atoms with van der Waals surface area (Å²) in [4.78, 5) is 20.9. The molecule has 0 radical (unpaired) electrons. The third kappa shape index (κ3) is 4.13. The van der Waals surface area contributed by atoms with Crippen LogP contribution in [0.25, 0.3) is 11.3 Å². The molecule has 6 nitrogen and oxygen atoms in total. The summed E-state index contributed by atoms with van der Waals surface area (Å²) in [6.45, 7) is 2.87. The lowest BCUT2D eigenvalue weighted by Crippen LogP contribution is -3.00. The van der Waals surface area contributed by atoms with Gasteiger partial charge in [-0.05, 0) is 49.1 Å². The smallest absolute Gasteiger partial charge is 0.290 e. The molecule has 190 valence electrons. The number of likely N-dealkylation sites (tertiary alicyclic amines) is 1. The largest absolute Gasteiger partial charge is 1.00 e. The lowest BCUT2D eigenvalue weighted by atomic mass is 9.66. The summed E-state index contributed by atoms with van der Waals surface area (Å²) in [5, 5.41) is 14.1. The zero-order chi connectivity index (χ0) is 24.0. The molecular formula is C28H32ClFN4O2. The Morgan fingerprint density at radius 3 is 2.58 bits per heavy atom. The van der Waals surface area contributed by atoms with Crippen LogP contribution in [-0.4, -0.2) is 44.6 Å². The summed E-state index contributed by atoms with van der Waals surface area (Å²) in [6.07, 6.45) is 4.47. The molecule has 2 aromatic carbocycles. The van der Waals surface area contributed by atoms with Crippen LogP contribution in [0.2, 0.25) is 0 Å². The molecule has 3 heterocycles. The van der Waals surface area contributed by atoms with Crippen molar-refractivity contribution in [2.24, 2.45) is 5.92 Å². The van der Waals surface area contributed by atoms with Gasteiger partial charge < -0.3 is 32.3 Å². The van der Waals surface area contributed by atoms with E-state index in [0.29, 0.717) is 18.8 Å². The lowest BCUT2D eigenvalue weighted by molar-refractivity contribution is -0.677. The Labute approximate surface area is 216 Å². The first-order valence-electron chi connectivity index (χ1n) is 12.8. The average molecular weight is 511 g/mol. The van der Waals surface area contributed by atoms with Crippen molar-refractivity contribution in [3.63, 3.8) is 0 Å². The molecule has 1 saturated carbocycles. The number of rotatable bonds is 3. The molecule has 0 spiro atoms. The Morgan fingerprint density at radius 2 is 1.81 bits per heavy atom. The van der Waals surface area contributed by atoms with E-state index in [4.69, 9.17) is 4.98 Å². The van der Waals surface area contributed by atoms with Gasteiger partial charge in [-0.1, -0.05) is 43.2 Å². The molecule has 3 N–H and O–H groups in total. The number of hydrogen-bond donors (Lipinski definition) is 2. The first-order valence-corrected chi connectivity index (χ1v) is 12.8. The number of piperidine rings is 1. The summed E-state index contributed by atoms with van der Waals surface area (Å²) >= 11 is 0. The van der Waals surface area contributed by atoms with Crippen LogP contribution in [0.4, 0.5) is 4.39 Å². The number of nitrogens with zero attached hydrogens (tertiary/aromatic N) is 3. The molecule has 1 saturated heterocycles. The molecule has 3 aliphatic rings. The third-order valence-electron chi connectivity index (χ3n) is 8.29. The quantitative estimate of drug-likeness (QED) is 0.523. The highest BCUT2D eigenvalue weighted by molar-refractivity contribution is 5.92. The van der Waals surface area contributed by atoms with Crippen LogP contribution in [0.3, 0.4) is 0 Å². The second kappa shape index (κ2) is 9.96. The van der Waals surface area contributed by atoms with E-state index < -0.39 is 5.60 Å². The van der Waals surface area contributed by atoms with E-state index in [1.807, 2.05) is 35.2 Å². The maximum atomic E-state index is 14.1. The summed E-state index contributed by atoms with van der Waals surface area (Å²) in [7, 11) is 0. The molecule has 3 atom stereocenters. The van der Waals surface area contributed by atoms with E-state index in [9.17, 15) is 14.3 Å². The maximum absolute atomic E-state index is 14.1. The molecule has 3 aromatic rings. The Bertz CT molecular complexity index is 1230. The van der Waals surface area contributed by atoms with Gasteiger partial charge in [0.15, 0.2) is 5.82 Å². The number of benzene rings is 2. The van der Waals surface area contributed by atoms with Crippen molar-refractivity contribution >= 4 is 5.91 Å². The van der Waals surface area contributed by atoms with Crippen molar-refractivity contribution in [2.45, 2.75) is 56.8 Å². The number of halogens is 2. The number of aliphatic hydroxyl groups is 1. The molecule has 2 fully saturated rings. The van der Waals surface area contributed by atoms with Crippen molar-refractivity contribution in [3.05, 3.63) is 77.5 Å². The minimum absolute atomic E-state index is 0. The summed E-state index contributed by atoms with van der Waals surface area (Å²) in [5.74, 6) is 0.153. The summed E-state index contributed by atoms with van der Waals surface area (Å²) < 4.78 is 15.6. The van der Waals surface area contributed by atoms with Crippen molar-refractivity contribution in [3.8, 4) is 11.3 Å². The Morgan fingerprint density at radius 1 is 1.06 bits per heavy atom. The number of aromatic nitrogens is 2. The van der Waals surface area contributed by atoms with Crippen molar-refractivity contribution < 1.29 is 32.0 Å². The van der Waals surface area contributed by atoms with Gasteiger partial charge in [0.25, 0.3) is 5.91 Å². The van der Waals surface area contributed by atoms with Gasteiger partial charge in [0, 0.05) is 24.1 Å². The van der Waals surface area contributed by atoms with E-state index in [1.54, 1.807) is 12.1 Å². The first kappa shape index (κ1) is 24.9. The van der Waals surface area contributed by atoms with Gasteiger partial charge in [0.1, 0.15) is 18.1 Å². The average Bonchev–Trinajstić information content (AvgIpc) is 3.29. The van der Waals surface area contributed by atoms with Gasteiger partial charge in [-0.15, -0.1) is 0 Å². The third-order valence-corrected chi connectivity index (χ3v) is 8.29. The van der Waals surface area contributed by atoms with E-state index >= 15 is 0 Å². The molecule has 1 amide bonds. The number of carbonyl (C=O) groups is 1. The van der Waals surface area contributed by atoms with E-state index in [0.717, 1.165) is 67.8 Å². The lowest BCUT2D eigenvalue weighted by Gasteiger charge is -2.52. The first-order chi connectivity index (χ1) is 17.1. The Hall–Kier alpha value is -2.74. The van der Waals surface area contributed by atoms with Crippen LogP contribution in [0, 0.1) is 11.7 Å². The zero-order valence-corrected chi connectivity index (χ0v) is 21.0. The molecule has 8 heteroatoms. The van der Waals surface area contributed by atoms with E-state index in [1.165, 1.54) is 12.1 Å². The van der Waals surface area contributed by atoms with E-state index in [-0.39, 0.29) is 36.1 Å². The molecule has 6 rings (SSSR count). The standard InChI is InChI=1S/C28H31FN4O2.ClH/c29-21-12-10-19(11-13-21)25-24-18-30-15-17-32(24)26(31-25)27(34)33-16-14-28(35,20-6-2-1-3-7-20)22-8-4-5-9-23(22)33;/h1-3,6-7,10-13,22-23,30,35H,4-5,8-9,14-18H2;1H/t22-,23+,28?;/m1./s1. The highest BCUT2D eigenvalue weighted by atomic mass is 35.5. The summed E-state index contributed by atoms with van der Waals surface area (Å²) in [6, 6.07) is 16.3. The van der Waals surface area contributed by atoms with Crippen LogP contribution >= 0.6 is 0 Å². The Balaban J connectivity index is 0.00000267. The predicted octanol–water partition coefficient (Wildman–Crippen LogP) is 0.0627. The molecule has 0 bridgehead atoms. The fraction of sp³-hybridized carbons (Fsp3) is 0.429. The van der Waals surface area contributed by atoms with Gasteiger partial charge in [0.05, 0.1) is 24.4 Å². The highest BCUT2D eigenvalue weighted by Gasteiger charge is 2.51.